The van der Waals surface area contributed by atoms with Gasteiger partial charge in [0, 0.05) is 17.1 Å². The summed E-state index contributed by atoms with van der Waals surface area (Å²) in [5.41, 5.74) is 1.84. The van der Waals surface area contributed by atoms with Crippen molar-refractivity contribution >= 4 is 32.3 Å². The van der Waals surface area contributed by atoms with Crippen molar-refractivity contribution in [3.05, 3.63) is 54.2 Å². The number of hydrogen-bond acceptors (Lipinski definition) is 4. The number of hydrogen-bond donors (Lipinski definition) is 3. The van der Waals surface area contributed by atoms with Crippen molar-refractivity contribution < 1.29 is 18.3 Å². The number of rotatable bonds is 5. The van der Waals surface area contributed by atoms with E-state index in [1.165, 1.54) is 25.1 Å². The molecule has 1 heterocycles. The number of phenols is 1. The summed E-state index contributed by atoms with van der Waals surface area (Å²) in [5.74, 6) is -0.575. The maximum Gasteiger partial charge on any atom is 0.228 e. The monoisotopic (exact) mass is 358 g/mol. The summed E-state index contributed by atoms with van der Waals surface area (Å²) in [6, 6.07) is 11.5. The molecule has 130 valence electrons. The van der Waals surface area contributed by atoms with Gasteiger partial charge in [-0.25, -0.2) is 8.42 Å². The molecule has 3 rings (SSSR count). The molecule has 0 saturated carbocycles. The molecule has 0 aliphatic rings. The zero-order valence-corrected chi connectivity index (χ0v) is 14.4. The van der Waals surface area contributed by atoms with Gasteiger partial charge in [-0.3, -0.25) is 4.79 Å². The molecule has 2 aromatic carbocycles. The largest absolute Gasteiger partial charge is 0.506 e. The summed E-state index contributed by atoms with van der Waals surface area (Å²) in [6.45, 7) is 1.54. The number of nitrogens with one attached hydrogen (secondary N) is 2. The SMILES string of the molecule is CCS(=O)(=O)c1ccc(O)c(NC(=O)Cc2c[nH]c3ccccc23)c1. The van der Waals surface area contributed by atoms with Crippen molar-refractivity contribution in [1.29, 1.82) is 0 Å². The van der Waals surface area contributed by atoms with Crippen LogP contribution in [0.1, 0.15) is 12.5 Å². The fourth-order valence-corrected chi connectivity index (χ4v) is 3.53. The number of anilines is 1. The van der Waals surface area contributed by atoms with Crippen molar-refractivity contribution in [2.75, 3.05) is 11.1 Å². The predicted octanol–water partition coefficient (Wildman–Crippen LogP) is 2.85. The van der Waals surface area contributed by atoms with Crippen molar-refractivity contribution in [1.82, 2.24) is 4.98 Å². The minimum atomic E-state index is -3.42. The first-order valence-electron chi connectivity index (χ1n) is 7.81. The summed E-state index contributed by atoms with van der Waals surface area (Å²) >= 11 is 0. The molecule has 3 aromatic rings. The van der Waals surface area contributed by atoms with Gasteiger partial charge < -0.3 is 15.4 Å². The lowest BCUT2D eigenvalue weighted by atomic mass is 10.1. The average Bonchev–Trinajstić information content (AvgIpc) is 3.00. The Kier molecular flexibility index (Phi) is 4.50. The van der Waals surface area contributed by atoms with Crippen LogP contribution in [0.4, 0.5) is 5.69 Å². The Morgan fingerprint density at radius 3 is 2.72 bits per heavy atom. The fraction of sp³-hybridized carbons (Fsp3) is 0.167. The average molecular weight is 358 g/mol. The van der Waals surface area contributed by atoms with Gasteiger partial charge in [0.2, 0.25) is 5.91 Å². The standard InChI is InChI=1S/C18H18N2O4S/c1-2-25(23,24)13-7-8-17(21)16(10-13)20-18(22)9-12-11-19-15-6-4-3-5-14(12)15/h3-8,10-11,19,21H,2,9H2,1H3,(H,20,22). The Balaban J connectivity index is 1.82. The van der Waals surface area contributed by atoms with Crippen LogP contribution in [0.15, 0.2) is 53.6 Å². The number of phenolic OH excluding ortho intramolecular Hbond substituents is 1. The summed E-state index contributed by atoms with van der Waals surface area (Å²) in [7, 11) is -3.42. The lowest BCUT2D eigenvalue weighted by Gasteiger charge is -2.09. The molecule has 0 atom stereocenters. The molecule has 0 aliphatic carbocycles. The van der Waals surface area contributed by atoms with Gasteiger partial charge >= 0.3 is 0 Å². The highest BCUT2D eigenvalue weighted by Crippen LogP contribution is 2.27. The molecule has 0 unspecified atom stereocenters. The molecule has 0 spiro atoms. The van der Waals surface area contributed by atoms with Gasteiger partial charge in [-0.2, -0.15) is 0 Å². The number of H-pyrrole nitrogens is 1. The molecule has 0 fully saturated rings. The third-order valence-electron chi connectivity index (χ3n) is 4.01. The maximum atomic E-state index is 12.3. The predicted molar refractivity (Wildman–Crippen MR) is 96.5 cm³/mol. The zero-order valence-electron chi connectivity index (χ0n) is 13.6. The van der Waals surface area contributed by atoms with Gasteiger partial charge in [-0.05, 0) is 29.8 Å². The highest BCUT2D eigenvalue weighted by atomic mass is 32.2. The Morgan fingerprint density at radius 1 is 1.20 bits per heavy atom. The molecule has 25 heavy (non-hydrogen) atoms. The molecule has 1 amide bonds. The number of fused-ring (bicyclic) bond motifs is 1. The number of aromatic hydroxyl groups is 1. The van der Waals surface area contributed by atoms with Crippen LogP contribution < -0.4 is 5.32 Å². The number of para-hydroxylation sites is 1. The van der Waals surface area contributed by atoms with E-state index in [9.17, 15) is 18.3 Å². The second kappa shape index (κ2) is 6.60. The van der Waals surface area contributed by atoms with Gasteiger partial charge in [0.15, 0.2) is 9.84 Å². The number of aromatic amines is 1. The fourth-order valence-electron chi connectivity index (χ4n) is 2.62. The third kappa shape index (κ3) is 3.51. The van der Waals surface area contributed by atoms with E-state index >= 15 is 0 Å². The van der Waals surface area contributed by atoms with Gasteiger partial charge in [0.25, 0.3) is 0 Å². The molecule has 0 radical (unpaired) electrons. The third-order valence-corrected chi connectivity index (χ3v) is 5.74. The first-order chi connectivity index (χ1) is 11.9. The molecule has 7 heteroatoms. The number of amides is 1. The van der Waals surface area contributed by atoms with Crippen LogP contribution in [0, 0.1) is 0 Å². The Hall–Kier alpha value is -2.80. The summed E-state index contributed by atoms with van der Waals surface area (Å²) < 4.78 is 23.9. The van der Waals surface area contributed by atoms with E-state index in [4.69, 9.17) is 0 Å². The first kappa shape index (κ1) is 17.0. The normalized spacial score (nSPS) is 11.6. The second-order valence-corrected chi connectivity index (χ2v) is 7.95. The molecule has 1 aromatic heterocycles. The topological polar surface area (TPSA) is 99.3 Å². The van der Waals surface area contributed by atoms with E-state index in [2.05, 4.69) is 10.3 Å². The van der Waals surface area contributed by atoms with Crippen molar-refractivity contribution in [2.45, 2.75) is 18.2 Å². The summed E-state index contributed by atoms with van der Waals surface area (Å²) in [4.78, 5) is 15.5. The number of aromatic nitrogens is 1. The second-order valence-electron chi connectivity index (χ2n) is 5.67. The molecule has 0 saturated heterocycles. The Bertz CT molecular complexity index is 1040. The molecule has 0 bridgehead atoms. The quantitative estimate of drug-likeness (QED) is 0.611. The Morgan fingerprint density at radius 2 is 1.96 bits per heavy atom. The van der Waals surface area contributed by atoms with Gasteiger partial charge in [0.05, 0.1) is 22.8 Å². The van der Waals surface area contributed by atoms with Crippen molar-refractivity contribution in [3.63, 3.8) is 0 Å². The minimum absolute atomic E-state index is 0.0551. The van der Waals surface area contributed by atoms with Crippen molar-refractivity contribution in [2.24, 2.45) is 0 Å². The maximum absolute atomic E-state index is 12.3. The van der Waals surface area contributed by atoms with E-state index in [-0.39, 0.29) is 34.4 Å². The van der Waals surface area contributed by atoms with Gasteiger partial charge in [-0.1, -0.05) is 25.1 Å². The van der Waals surface area contributed by atoms with Crippen LogP contribution in [0.5, 0.6) is 5.75 Å². The molecule has 3 N–H and O–H groups in total. The van der Waals surface area contributed by atoms with Gasteiger partial charge in [-0.15, -0.1) is 0 Å². The molecule has 6 nitrogen and oxygen atoms in total. The van der Waals surface area contributed by atoms with E-state index in [1.54, 1.807) is 6.20 Å². The van der Waals surface area contributed by atoms with Crippen LogP contribution in [-0.2, 0) is 21.1 Å². The number of sulfone groups is 1. The van der Waals surface area contributed by atoms with Crippen LogP contribution in [-0.4, -0.2) is 30.2 Å². The van der Waals surface area contributed by atoms with E-state index in [0.717, 1.165) is 16.5 Å². The lowest BCUT2D eigenvalue weighted by Crippen LogP contribution is -2.15. The van der Waals surface area contributed by atoms with Crippen LogP contribution in [0.25, 0.3) is 10.9 Å². The summed E-state index contributed by atoms with van der Waals surface area (Å²) in [5, 5.41) is 13.4. The van der Waals surface area contributed by atoms with Crippen LogP contribution in [0.3, 0.4) is 0 Å². The minimum Gasteiger partial charge on any atom is -0.506 e. The first-order valence-corrected chi connectivity index (χ1v) is 9.46. The Labute approximate surface area is 145 Å². The smallest absolute Gasteiger partial charge is 0.228 e. The van der Waals surface area contributed by atoms with E-state index in [1.807, 2.05) is 24.3 Å². The van der Waals surface area contributed by atoms with Crippen LogP contribution in [0.2, 0.25) is 0 Å². The number of carbonyl (C=O) groups excluding carboxylic acids is 1. The molecular weight excluding hydrogens is 340 g/mol. The van der Waals surface area contributed by atoms with Gasteiger partial charge in [0.1, 0.15) is 5.75 Å². The molecule has 0 aliphatic heterocycles. The summed E-state index contributed by atoms with van der Waals surface area (Å²) in [6.07, 6.45) is 1.87. The van der Waals surface area contributed by atoms with E-state index in [0.29, 0.717) is 0 Å². The zero-order chi connectivity index (χ0) is 18.0. The van der Waals surface area contributed by atoms with Crippen molar-refractivity contribution in [3.8, 4) is 5.75 Å². The number of benzene rings is 2. The highest BCUT2D eigenvalue weighted by Gasteiger charge is 2.16. The van der Waals surface area contributed by atoms with E-state index < -0.39 is 9.84 Å². The van der Waals surface area contributed by atoms with Crippen LogP contribution >= 0.6 is 0 Å². The number of carbonyl (C=O) groups is 1. The molecular formula is C18H18N2O4S. The highest BCUT2D eigenvalue weighted by molar-refractivity contribution is 7.91. The lowest BCUT2D eigenvalue weighted by molar-refractivity contribution is -0.115.